The highest BCUT2D eigenvalue weighted by atomic mass is 35.5. The predicted octanol–water partition coefficient (Wildman–Crippen LogP) is 3.74. The first-order chi connectivity index (χ1) is 8.36. The van der Waals surface area contributed by atoms with Gasteiger partial charge in [-0.1, -0.05) is 37.6 Å². The van der Waals surface area contributed by atoms with Gasteiger partial charge >= 0.3 is 0 Å². The van der Waals surface area contributed by atoms with Crippen LogP contribution in [0, 0.1) is 0 Å². The number of hydrogen-bond acceptors (Lipinski definition) is 2. The van der Waals surface area contributed by atoms with E-state index in [1.165, 1.54) is 24.7 Å². The summed E-state index contributed by atoms with van der Waals surface area (Å²) in [5.74, 6) is 0. The molecule has 18 heavy (non-hydrogen) atoms. The van der Waals surface area contributed by atoms with Crippen molar-refractivity contribution in [1.82, 2.24) is 0 Å². The maximum atomic E-state index is 11.5. The molecule has 0 saturated carbocycles. The fraction of sp³-hybridized carbons (Fsp3) is 0.571. The van der Waals surface area contributed by atoms with Crippen LogP contribution in [-0.4, -0.2) is 19.9 Å². The van der Waals surface area contributed by atoms with Crippen LogP contribution in [0.25, 0.3) is 0 Å². The Morgan fingerprint density at radius 2 is 1.78 bits per heavy atom. The number of rotatable bonds is 6. The first kappa shape index (κ1) is 15.5. The summed E-state index contributed by atoms with van der Waals surface area (Å²) >= 11 is 6.22. The summed E-state index contributed by atoms with van der Waals surface area (Å²) in [6.45, 7) is 3.81. The van der Waals surface area contributed by atoms with Crippen molar-refractivity contribution in [2.45, 2.75) is 43.7 Å². The van der Waals surface area contributed by atoms with Gasteiger partial charge in [0, 0.05) is 6.26 Å². The number of halogens is 1. The Balaban J connectivity index is 2.79. The molecule has 1 rings (SSSR count). The summed E-state index contributed by atoms with van der Waals surface area (Å²) in [4.78, 5) is 0. The molecule has 0 aliphatic heterocycles. The van der Waals surface area contributed by atoms with Gasteiger partial charge in [-0.15, -0.1) is 11.6 Å². The van der Waals surface area contributed by atoms with E-state index in [0.717, 1.165) is 12.0 Å². The third-order valence-corrected chi connectivity index (χ3v) is 5.61. The van der Waals surface area contributed by atoms with Gasteiger partial charge in [0.2, 0.25) is 0 Å². The minimum atomic E-state index is -3.11. The van der Waals surface area contributed by atoms with Gasteiger partial charge in [0.25, 0.3) is 0 Å². The zero-order chi connectivity index (χ0) is 13.8. The van der Waals surface area contributed by atoms with Gasteiger partial charge in [-0.3, -0.25) is 0 Å². The molecular formula is C14H21ClO2S. The smallest absolute Gasteiger partial charge is 0.151 e. The van der Waals surface area contributed by atoms with Crippen LogP contribution in [0.2, 0.25) is 0 Å². The van der Waals surface area contributed by atoms with E-state index in [2.05, 4.69) is 6.92 Å². The zero-order valence-electron chi connectivity index (χ0n) is 11.2. The molecule has 0 amide bonds. The average molecular weight is 289 g/mol. The molecule has 4 heteroatoms. The fourth-order valence-corrected chi connectivity index (χ4v) is 3.03. The summed E-state index contributed by atoms with van der Waals surface area (Å²) in [7, 11) is -3.11. The lowest BCUT2D eigenvalue weighted by Gasteiger charge is -2.17. The highest BCUT2D eigenvalue weighted by molar-refractivity contribution is 7.91. The standard InChI is InChI=1S/C14H21ClO2S/c1-4-5-6-12-7-9-13(10-8-12)14(15)11(2)18(3,16)17/h7-11,14H,4-6H2,1-3H3. The van der Waals surface area contributed by atoms with Gasteiger partial charge < -0.3 is 0 Å². The average Bonchev–Trinajstić information content (AvgIpc) is 2.34. The Bertz CT molecular complexity index is 465. The van der Waals surface area contributed by atoms with Crippen molar-refractivity contribution in [2.24, 2.45) is 0 Å². The van der Waals surface area contributed by atoms with Crippen molar-refractivity contribution < 1.29 is 8.42 Å². The predicted molar refractivity (Wildman–Crippen MR) is 78.0 cm³/mol. The molecule has 0 fully saturated rings. The quantitative estimate of drug-likeness (QED) is 0.747. The number of sulfone groups is 1. The topological polar surface area (TPSA) is 34.1 Å². The Kier molecular flexibility index (Phi) is 5.67. The van der Waals surface area contributed by atoms with Crippen molar-refractivity contribution >= 4 is 21.4 Å². The van der Waals surface area contributed by atoms with Crippen LogP contribution < -0.4 is 0 Å². The van der Waals surface area contributed by atoms with E-state index in [0.29, 0.717) is 0 Å². The molecule has 0 heterocycles. The van der Waals surface area contributed by atoms with E-state index >= 15 is 0 Å². The second kappa shape index (κ2) is 6.58. The van der Waals surface area contributed by atoms with E-state index in [-0.39, 0.29) is 0 Å². The first-order valence-corrected chi connectivity index (χ1v) is 8.67. The van der Waals surface area contributed by atoms with Crippen LogP contribution in [0.4, 0.5) is 0 Å². The molecule has 0 aliphatic rings. The third-order valence-electron chi connectivity index (χ3n) is 3.20. The molecule has 0 aromatic heterocycles. The molecule has 102 valence electrons. The van der Waals surface area contributed by atoms with Crippen LogP contribution in [-0.2, 0) is 16.3 Å². The van der Waals surface area contributed by atoms with Crippen molar-refractivity contribution in [1.29, 1.82) is 0 Å². The lowest BCUT2D eigenvalue weighted by Crippen LogP contribution is -2.21. The van der Waals surface area contributed by atoms with Gasteiger partial charge in [-0.2, -0.15) is 0 Å². The Labute approximate surface area is 115 Å². The van der Waals surface area contributed by atoms with Crippen molar-refractivity contribution in [2.75, 3.05) is 6.26 Å². The fourth-order valence-electron chi connectivity index (χ4n) is 1.74. The second-order valence-electron chi connectivity index (χ2n) is 4.78. The van der Waals surface area contributed by atoms with Gasteiger partial charge in [0.15, 0.2) is 9.84 Å². The van der Waals surface area contributed by atoms with Gasteiger partial charge in [0.1, 0.15) is 0 Å². The molecular weight excluding hydrogens is 268 g/mol. The van der Waals surface area contributed by atoms with Gasteiger partial charge in [-0.05, 0) is 30.9 Å². The van der Waals surface area contributed by atoms with E-state index in [1.807, 2.05) is 24.3 Å². The molecule has 0 N–H and O–H groups in total. The maximum Gasteiger partial charge on any atom is 0.151 e. The van der Waals surface area contributed by atoms with Crippen molar-refractivity contribution in [3.8, 4) is 0 Å². The van der Waals surface area contributed by atoms with Crippen LogP contribution in [0.15, 0.2) is 24.3 Å². The summed E-state index contributed by atoms with van der Waals surface area (Å²) in [5, 5.41) is -1.05. The summed E-state index contributed by atoms with van der Waals surface area (Å²) < 4.78 is 22.9. The number of alkyl halides is 1. The third kappa shape index (κ3) is 4.29. The minimum Gasteiger partial charge on any atom is -0.229 e. The van der Waals surface area contributed by atoms with E-state index in [1.54, 1.807) is 6.92 Å². The molecule has 2 atom stereocenters. The summed E-state index contributed by atoms with van der Waals surface area (Å²) in [6.07, 6.45) is 4.63. The number of aryl methyl sites for hydroxylation is 1. The number of hydrogen-bond donors (Lipinski definition) is 0. The Hall–Kier alpha value is -0.540. The Morgan fingerprint density at radius 3 is 2.22 bits per heavy atom. The lowest BCUT2D eigenvalue weighted by molar-refractivity contribution is 0.587. The normalized spacial score (nSPS) is 15.3. The summed E-state index contributed by atoms with van der Waals surface area (Å²) in [5.41, 5.74) is 2.14. The van der Waals surface area contributed by atoms with Crippen LogP contribution >= 0.6 is 11.6 Å². The number of unbranched alkanes of at least 4 members (excludes halogenated alkanes) is 1. The molecule has 0 aliphatic carbocycles. The lowest BCUT2D eigenvalue weighted by atomic mass is 10.0. The van der Waals surface area contributed by atoms with E-state index in [9.17, 15) is 8.42 Å². The maximum absolute atomic E-state index is 11.5. The second-order valence-corrected chi connectivity index (χ2v) is 7.65. The molecule has 2 unspecified atom stereocenters. The SMILES string of the molecule is CCCCc1ccc(C(Cl)C(C)S(C)(=O)=O)cc1. The Morgan fingerprint density at radius 1 is 1.22 bits per heavy atom. The highest BCUT2D eigenvalue weighted by Gasteiger charge is 2.25. The van der Waals surface area contributed by atoms with Crippen LogP contribution in [0.1, 0.15) is 43.2 Å². The molecule has 0 saturated heterocycles. The van der Waals surface area contributed by atoms with Crippen LogP contribution in [0.5, 0.6) is 0 Å². The zero-order valence-corrected chi connectivity index (χ0v) is 12.8. The largest absolute Gasteiger partial charge is 0.229 e. The van der Waals surface area contributed by atoms with Crippen molar-refractivity contribution in [3.05, 3.63) is 35.4 Å². The molecule has 0 bridgehead atoms. The van der Waals surface area contributed by atoms with Gasteiger partial charge in [-0.25, -0.2) is 8.42 Å². The number of benzene rings is 1. The van der Waals surface area contributed by atoms with Gasteiger partial charge in [0.05, 0.1) is 10.6 Å². The molecule has 2 nitrogen and oxygen atoms in total. The highest BCUT2D eigenvalue weighted by Crippen LogP contribution is 2.28. The summed E-state index contributed by atoms with van der Waals surface area (Å²) in [6, 6.07) is 7.94. The monoisotopic (exact) mass is 288 g/mol. The van der Waals surface area contributed by atoms with E-state index in [4.69, 9.17) is 11.6 Å². The molecule has 0 radical (unpaired) electrons. The molecule has 0 spiro atoms. The molecule has 1 aromatic carbocycles. The van der Waals surface area contributed by atoms with Crippen LogP contribution in [0.3, 0.4) is 0 Å². The minimum absolute atomic E-state index is 0.486. The van der Waals surface area contributed by atoms with Crippen molar-refractivity contribution in [3.63, 3.8) is 0 Å². The molecule has 1 aromatic rings. The first-order valence-electron chi connectivity index (χ1n) is 6.28. The van der Waals surface area contributed by atoms with E-state index < -0.39 is 20.5 Å².